The first-order valence-electron chi connectivity index (χ1n) is 14.3. The van der Waals surface area contributed by atoms with Gasteiger partial charge in [0.05, 0.1) is 18.3 Å². The highest BCUT2D eigenvalue weighted by Crippen LogP contribution is 2.75. The number of hydrogen-bond acceptors (Lipinski definition) is 3. The minimum absolute atomic E-state index is 0.0181. The van der Waals surface area contributed by atoms with Gasteiger partial charge in [-0.2, -0.15) is 0 Å². The standard InChI is InChI=1S/C31H52O3/c1-18-10-13-29(6)24(33)17-31(8)20(25(29)19(18)2)16-21(34-9)26-28(5)14-12-23(32)27(3,4)22(28)11-15-30(26,31)7/h16,18-19,21-26,32-33H,10-15,17H2,1-9H3. The van der Waals surface area contributed by atoms with Crippen molar-refractivity contribution in [1.82, 2.24) is 0 Å². The SMILES string of the molecule is COC1C=C2C3C(C)C(C)CCC3(C)C(O)CC2(C)C2(C)CCC3C(C)(C)C(O)CCC3(C)C12. The Morgan fingerprint density at radius 1 is 0.853 bits per heavy atom. The van der Waals surface area contributed by atoms with E-state index < -0.39 is 0 Å². The van der Waals surface area contributed by atoms with E-state index in [1.54, 1.807) is 5.57 Å². The number of fused-ring (bicyclic) bond motifs is 7. The van der Waals surface area contributed by atoms with E-state index >= 15 is 0 Å². The van der Waals surface area contributed by atoms with Gasteiger partial charge in [0.25, 0.3) is 0 Å². The Hall–Kier alpha value is -0.380. The summed E-state index contributed by atoms with van der Waals surface area (Å²) in [7, 11) is 1.92. The summed E-state index contributed by atoms with van der Waals surface area (Å²) < 4.78 is 6.43. The van der Waals surface area contributed by atoms with Gasteiger partial charge in [0.1, 0.15) is 0 Å². The number of methoxy groups -OCH3 is 1. The summed E-state index contributed by atoms with van der Waals surface area (Å²) in [4.78, 5) is 0. The summed E-state index contributed by atoms with van der Waals surface area (Å²) in [5.41, 5.74) is 1.69. The zero-order valence-electron chi connectivity index (χ0n) is 23.4. The highest BCUT2D eigenvalue weighted by Gasteiger charge is 2.71. The van der Waals surface area contributed by atoms with Crippen molar-refractivity contribution in [3.05, 3.63) is 11.6 Å². The lowest BCUT2D eigenvalue weighted by molar-refractivity contribution is -0.237. The maximum atomic E-state index is 11.8. The molecular formula is C31H52O3. The van der Waals surface area contributed by atoms with Gasteiger partial charge in [-0.05, 0) is 90.3 Å². The van der Waals surface area contributed by atoms with Crippen LogP contribution in [0.25, 0.3) is 0 Å². The van der Waals surface area contributed by atoms with Crippen molar-refractivity contribution < 1.29 is 14.9 Å². The number of aliphatic hydroxyl groups excluding tert-OH is 2. The third-order valence-electron chi connectivity index (χ3n) is 13.7. The zero-order valence-corrected chi connectivity index (χ0v) is 23.4. The first-order valence-corrected chi connectivity index (χ1v) is 14.3. The zero-order chi connectivity index (χ0) is 25.1. The van der Waals surface area contributed by atoms with Crippen molar-refractivity contribution in [1.29, 1.82) is 0 Å². The Bertz CT molecular complexity index is 863. The Balaban J connectivity index is 1.69. The minimum Gasteiger partial charge on any atom is -0.393 e. The second-order valence-corrected chi connectivity index (χ2v) is 15.1. The van der Waals surface area contributed by atoms with Crippen LogP contribution >= 0.6 is 0 Å². The third-order valence-corrected chi connectivity index (χ3v) is 13.7. The molecule has 0 bridgehead atoms. The maximum Gasteiger partial charge on any atom is 0.0793 e. The van der Waals surface area contributed by atoms with E-state index in [9.17, 15) is 10.2 Å². The quantitative estimate of drug-likeness (QED) is 0.422. The average Bonchev–Trinajstić information content (AvgIpc) is 2.75. The lowest BCUT2D eigenvalue weighted by Gasteiger charge is -2.73. The molecule has 5 aliphatic carbocycles. The first kappa shape index (κ1) is 25.3. The van der Waals surface area contributed by atoms with Gasteiger partial charge in [-0.15, -0.1) is 0 Å². The lowest BCUT2D eigenvalue weighted by atomic mass is 9.32. The Kier molecular flexibility index (Phi) is 5.63. The number of ether oxygens (including phenoxy) is 1. The monoisotopic (exact) mass is 472 g/mol. The topological polar surface area (TPSA) is 49.7 Å². The molecular weight excluding hydrogens is 420 g/mol. The van der Waals surface area contributed by atoms with Crippen molar-refractivity contribution in [2.24, 2.45) is 56.7 Å². The van der Waals surface area contributed by atoms with Crippen LogP contribution in [0.15, 0.2) is 11.6 Å². The predicted molar refractivity (Wildman–Crippen MR) is 138 cm³/mol. The second kappa shape index (κ2) is 7.57. The number of allylic oxidation sites excluding steroid dienone is 1. The van der Waals surface area contributed by atoms with Crippen LogP contribution in [0.3, 0.4) is 0 Å². The molecule has 0 aromatic carbocycles. The van der Waals surface area contributed by atoms with Crippen LogP contribution in [0.2, 0.25) is 0 Å². The highest BCUT2D eigenvalue weighted by molar-refractivity contribution is 5.37. The smallest absolute Gasteiger partial charge is 0.0793 e. The number of rotatable bonds is 1. The molecule has 2 N–H and O–H groups in total. The molecule has 0 amide bonds. The third kappa shape index (κ3) is 2.87. The van der Waals surface area contributed by atoms with Crippen LogP contribution in [-0.2, 0) is 4.74 Å². The summed E-state index contributed by atoms with van der Waals surface area (Å²) in [6.07, 6.45) is 9.71. The van der Waals surface area contributed by atoms with Gasteiger partial charge in [0, 0.05) is 18.4 Å². The van der Waals surface area contributed by atoms with Crippen LogP contribution in [0.5, 0.6) is 0 Å². The molecule has 4 saturated carbocycles. The average molecular weight is 473 g/mol. The van der Waals surface area contributed by atoms with Crippen molar-refractivity contribution in [3.63, 3.8) is 0 Å². The number of hydrogen-bond donors (Lipinski definition) is 2. The van der Waals surface area contributed by atoms with Gasteiger partial charge < -0.3 is 14.9 Å². The molecule has 3 nitrogen and oxygen atoms in total. The van der Waals surface area contributed by atoms with Crippen LogP contribution in [0, 0.1) is 56.7 Å². The number of aliphatic hydroxyl groups is 2. The van der Waals surface area contributed by atoms with Crippen LogP contribution in [0.1, 0.15) is 100 Å². The molecule has 0 heterocycles. The molecule has 0 aromatic rings. The molecule has 0 radical (unpaired) electrons. The van der Waals surface area contributed by atoms with E-state index in [-0.39, 0.29) is 45.4 Å². The maximum absolute atomic E-state index is 11.8. The highest BCUT2D eigenvalue weighted by atomic mass is 16.5. The van der Waals surface area contributed by atoms with E-state index in [1.807, 2.05) is 7.11 Å². The predicted octanol–water partition coefficient (Wildman–Crippen LogP) is 6.62. The van der Waals surface area contributed by atoms with Crippen molar-refractivity contribution in [2.75, 3.05) is 7.11 Å². The Morgan fingerprint density at radius 2 is 1.50 bits per heavy atom. The van der Waals surface area contributed by atoms with E-state index in [1.165, 1.54) is 6.42 Å². The summed E-state index contributed by atoms with van der Waals surface area (Å²) in [5, 5.41) is 22.8. The molecule has 0 saturated heterocycles. The molecule has 194 valence electrons. The van der Waals surface area contributed by atoms with Crippen LogP contribution in [0.4, 0.5) is 0 Å². The summed E-state index contributed by atoms with van der Waals surface area (Å²) in [6, 6.07) is 0. The molecule has 34 heavy (non-hydrogen) atoms. The summed E-state index contributed by atoms with van der Waals surface area (Å²) in [6.45, 7) is 19.5. The molecule has 5 rings (SSSR count). The molecule has 0 aliphatic heterocycles. The molecule has 0 aromatic heterocycles. The molecule has 12 atom stereocenters. The Morgan fingerprint density at radius 3 is 2.15 bits per heavy atom. The van der Waals surface area contributed by atoms with Gasteiger partial charge in [-0.25, -0.2) is 0 Å². The van der Waals surface area contributed by atoms with Crippen molar-refractivity contribution in [2.45, 2.75) is 119 Å². The van der Waals surface area contributed by atoms with E-state index in [0.29, 0.717) is 29.6 Å². The van der Waals surface area contributed by atoms with Crippen LogP contribution < -0.4 is 0 Å². The molecule has 0 spiro atoms. The van der Waals surface area contributed by atoms with E-state index in [2.05, 4.69) is 61.5 Å². The second-order valence-electron chi connectivity index (χ2n) is 15.1. The Labute approximate surface area is 209 Å². The van der Waals surface area contributed by atoms with E-state index in [4.69, 9.17) is 4.74 Å². The van der Waals surface area contributed by atoms with Crippen LogP contribution in [-0.4, -0.2) is 35.6 Å². The fraction of sp³-hybridized carbons (Fsp3) is 0.935. The minimum atomic E-state index is -0.249. The van der Waals surface area contributed by atoms with Gasteiger partial charge in [0.15, 0.2) is 0 Å². The lowest BCUT2D eigenvalue weighted by Crippen LogP contribution is -2.69. The van der Waals surface area contributed by atoms with Crippen molar-refractivity contribution in [3.8, 4) is 0 Å². The van der Waals surface area contributed by atoms with Gasteiger partial charge >= 0.3 is 0 Å². The molecule has 12 unspecified atom stereocenters. The molecule has 3 heteroatoms. The van der Waals surface area contributed by atoms with Gasteiger partial charge in [-0.1, -0.05) is 67.0 Å². The largest absolute Gasteiger partial charge is 0.393 e. The molecule has 4 fully saturated rings. The normalized spacial score (nSPS) is 58.6. The first-order chi connectivity index (χ1) is 15.7. The van der Waals surface area contributed by atoms with Gasteiger partial charge in [-0.3, -0.25) is 0 Å². The van der Waals surface area contributed by atoms with Gasteiger partial charge in [0.2, 0.25) is 0 Å². The van der Waals surface area contributed by atoms with Crippen molar-refractivity contribution >= 4 is 0 Å². The summed E-state index contributed by atoms with van der Waals surface area (Å²) in [5.74, 6) is 2.58. The molecule has 5 aliphatic rings. The summed E-state index contributed by atoms with van der Waals surface area (Å²) >= 11 is 0. The fourth-order valence-corrected chi connectivity index (χ4v) is 11.1. The van der Waals surface area contributed by atoms with E-state index in [0.717, 1.165) is 38.5 Å². The fourth-order valence-electron chi connectivity index (χ4n) is 11.1.